The number of carbonyl (C=O) groups is 1. The second kappa shape index (κ2) is 9.24. The summed E-state index contributed by atoms with van der Waals surface area (Å²) in [6.07, 6.45) is 7.84. The second-order valence-electron chi connectivity index (χ2n) is 8.78. The van der Waals surface area contributed by atoms with E-state index in [1.165, 1.54) is 0 Å². The van der Waals surface area contributed by atoms with Crippen molar-refractivity contribution in [3.8, 4) is 5.75 Å². The number of hydrogen-bond donors (Lipinski definition) is 2. The van der Waals surface area contributed by atoms with Crippen molar-refractivity contribution in [1.29, 1.82) is 0 Å². The predicted molar refractivity (Wildman–Crippen MR) is 140 cm³/mol. The molecule has 174 valence electrons. The van der Waals surface area contributed by atoms with Gasteiger partial charge in [-0.3, -0.25) is 4.79 Å². The molecule has 5 rings (SSSR count). The fraction of sp³-hybridized carbons (Fsp3) is 0.129. The number of phenols is 1. The van der Waals surface area contributed by atoms with Crippen LogP contribution in [-0.4, -0.2) is 23.6 Å². The van der Waals surface area contributed by atoms with Gasteiger partial charge in [-0.1, -0.05) is 78.9 Å². The molecule has 0 aliphatic heterocycles. The van der Waals surface area contributed by atoms with E-state index in [-0.39, 0.29) is 11.5 Å². The summed E-state index contributed by atoms with van der Waals surface area (Å²) in [5.74, 6) is 0.492. The van der Waals surface area contributed by atoms with Crippen molar-refractivity contribution in [2.24, 2.45) is 0 Å². The van der Waals surface area contributed by atoms with Gasteiger partial charge in [0.15, 0.2) is 0 Å². The molecular weight excluding hydrogens is 436 g/mol. The zero-order valence-corrected chi connectivity index (χ0v) is 19.4. The first-order valence-corrected chi connectivity index (χ1v) is 11.6. The summed E-state index contributed by atoms with van der Waals surface area (Å²) >= 11 is 0. The lowest BCUT2D eigenvalue weighted by atomic mass is 9.78. The molecule has 0 saturated heterocycles. The Balaban J connectivity index is 1.71. The number of aliphatic hydroxyl groups is 1. The standard InChI is InChI=1S/C31H26O4/c1-35-31(28-10-4-2-8-24(28)20-32,25-14-16-27-23(18-25)9-6-12-30(27)34)19-21-13-15-26-22(17-21)7-3-5-11-29(26)33/h2-4,6-18,20,33-34H,5,19H2,1H3. The Morgan fingerprint density at radius 2 is 1.83 bits per heavy atom. The topological polar surface area (TPSA) is 66.8 Å². The minimum absolute atomic E-state index is 0.218. The molecule has 35 heavy (non-hydrogen) atoms. The van der Waals surface area contributed by atoms with E-state index >= 15 is 0 Å². The molecule has 1 aliphatic rings. The molecule has 4 aromatic carbocycles. The molecule has 1 aliphatic carbocycles. The van der Waals surface area contributed by atoms with Gasteiger partial charge in [0, 0.05) is 30.0 Å². The van der Waals surface area contributed by atoms with Crippen LogP contribution in [0.3, 0.4) is 0 Å². The molecule has 4 nitrogen and oxygen atoms in total. The van der Waals surface area contributed by atoms with Crippen LogP contribution in [-0.2, 0) is 16.8 Å². The first kappa shape index (κ1) is 22.6. The van der Waals surface area contributed by atoms with Gasteiger partial charge in [-0.15, -0.1) is 0 Å². The summed E-state index contributed by atoms with van der Waals surface area (Å²) < 4.78 is 6.33. The Hall–Kier alpha value is -4.15. The van der Waals surface area contributed by atoms with E-state index in [1.54, 1.807) is 25.3 Å². The largest absolute Gasteiger partial charge is 0.508 e. The number of benzene rings is 4. The van der Waals surface area contributed by atoms with Crippen LogP contribution < -0.4 is 0 Å². The van der Waals surface area contributed by atoms with E-state index in [9.17, 15) is 15.0 Å². The third kappa shape index (κ3) is 4.02. The molecule has 2 N–H and O–H groups in total. The highest BCUT2D eigenvalue weighted by molar-refractivity contribution is 5.89. The number of aliphatic hydroxyl groups excluding tert-OH is 1. The molecule has 1 unspecified atom stereocenters. The van der Waals surface area contributed by atoms with Crippen molar-refractivity contribution in [3.63, 3.8) is 0 Å². The van der Waals surface area contributed by atoms with E-state index in [0.717, 1.165) is 44.9 Å². The predicted octanol–water partition coefficient (Wildman–Crippen LogP) is 6.81. The molecule has 4 heteroatoms. The van der Waals surface area contributed by atoms with Gasteiger partial charge in [-0.05, 0) is 52.3 Å². The maximum Gasteiger partial charge on any atom is 0.150 e. The van der Waals surface area contributed by atoms with Crippen LogP contribution in [0.2, 0.25) is 0 Å². The van der Waals surface area contributed by atoms with Crippen molar-refractivity contribution in [1.82, 2.24) is 0 Å². The van der Waals surface area contributed by atoms with Crippen molar-refractivity contribution < 1.29 is 19.7 Å². The lowest BCUT2D eigenvalue weighted by molar-refractivity contribution is 0.0218. The van der Waals surface area contributed by atoms with Gasteiger partial charge in [0.05, 0.1) is 0 Å². The minimum atomic E-state index is -0.961. The number of allylic oxidation sites excluding steroid dienone is 2. The minimum Gasteiger partial charge on any atom is -0.508 e. The maximum absolute atomic E-state index is 12.1. The summed E-state index contributed by atoms with van der Waals surface area (Å²) in [5.41, 5.74) is 3.97. The van der Waals surface area contributed by atoms with Crippen LogP contribution >= 0.6 is 0 Å². The third-order valence-corrected chi connectivity index (χ3v) is 6.78. The average Bonchev–Trinajstić information content (AvgIpc) is 3.08. The van der Waals surface area contributed by atoms with Crippen LogP contribution in [0.25, 0.3) is 22.6 Å². The second-order valence-corrected chi connectivity index (χ2v) is 8.78. The zero-order valence-electron chi connectivity index (χ0n) is 19.4. The molecule has 0 heterocycles. The Morgan fingerprint density at radius 3 is 2.66 bits per heavy atom. The van der Waals surface area contributed by atoms with Gasteiger partial charge >= 0.3 is 0 Å². The lowest BCUT2D eigenvalue weighted by Crippen LogP contribution is -2.34. The number of carbonyl (C=O) groups excluding carboxylic acids is 1. The highest BCUT2D eigenvalue weighted by Crippen LogP contribution is 2.41. The van der Waals surface area contributed by atoms with Crippen LogP contribution in [0, 0.1) is 0 Å². The number of ether oxygens (including phenoxy) is 1. The van der Waals surface area contributed by atoms with Crippen molar-refractivity contribution in [2.75, 3.05) is 7.11 Å². The molecule has 0 fully saturated rings. The number of rotatable bonds is 6. The van der Waals surface area contributed by atoms with Crippen LogP contribution in [0.15, 0.2) is 91.0 Å². The van der Waals surface area contributed by atoms with Crippen LogP contribution in [0.1, 0.15) is 44.6 Å². The summed E-state index contributed by atoms with van der Waals surface area (Å²) in [5, 5.41) is 22.3. The normalized spacial score (nSPS) is 14.6. The number of aromatic hydroxyl groups is 1. The first-order chi connectivity index (χ1) is 17.1. The molecular formula is C31H26O4. The van der Waals surface area contributed by atoms with E-state index in [2.05, 4.69) is 6.07 Å². The maximum atomic E-state index is 12.1. The number of aldehydes is 1. The van der Waals surface area contributed by atoms with Crippen molar-refractivity contribution in [2.45, 2.75) is 18.4 Å². The fourth-order valence-corrected chi connectivity index (χ4v) is 5.00. The van der Waals surface area contributed by atoms with Crippen LogP contribution in [0.4, 0.5) is 0 Å². The summed E-state index contributed by atoms with van der Waals surface area (Å²) in [6.45, 7) is 0. The third-order valence-electron chi connectivity index (χ3n) is 6.78. The molecule has 0 amide bonds. The summed E-state index contributed by atoms with van der Waals surface area (Å²) in [7, 11) is 1.66. The number of fused-ring (bicyclic) bond motifs is 2. The van der Waals surface area contributed by atoms with E-state index < -0.39 is 5.60 Å². The number of hydrogen-bond acceptors (Lipinski definition) is 4. The molecule has 0 aromatic heterocycles. The molecule has 0 radical (unpaired) electrons. The van der Waals surface area contributed by atoms with Gasteiger partial charge in [0.1, 0.15) is 23.4 Å². The monoisotopic (exact) mass is 462 g/mol. The van der Waals surface area contributed by atoms with E-state index in [1.807, 2.05) is 72.8 Å². The number of methoxy groups -OCH3 is 1. The highest BCUT2D eigenvalue weighted by Gasteiger charge is 2.37. The Bertz CT molecular complexity index is 1480. The number of phenolic OH excluding ortho intramolecular Hbond substituents is 1. The van der Waals surface area contributed by atoms with Gasteiger partial charge in [-0.2, -0.15) is 0 Å². The Morgan fingerprint density at radius 1 is 0.971 bits per heavy atom. The Kier molecular flexibility index (Phi) is 5.98. The summed E-state index contributed by atoms with van der Waals surface area (Å²) in [4.78, 5) is 12.1. The zero-order chi connectivity index (χ0) is 24.4. The fourth-order valence-electron chi connectivity index (χ4n) is 5.00. The average molecular weight is 463 g/mol. The van der Waals surface area contributed by atoms with Gasteiger partial charge in [-0.25, -0.2) is 0 Å². The Labute approximate surface area is 204 Å². The van der Waals surface area contributed by atoms with Gasteiger partial charge in [0.25, 0.3) is 0 Å². The summed E-state index contributed by atoms with van der Waals surface area (Å²) in [6, 6.07) is 24.7. The first-order valence-electron chi connectivity index (χ1n) is 11.6. The quantitative estimate of drug-likeness (QED) is 0.309. The van der Waals surface area contributed by atoms with Gasteiger partial charge in [0.2, 0.25) is 0 Å². The van der Waals surface area contributed by atoms with Crippen LogP contribution in [0.5, 0.6) is 5.75 Å². The van der Waals surface area contributed by atoms with E-state index in [4.69, 9.17) is 4.74 Å². The molecule has 0 spiro atoms. The smallest absolute Gasteiger partial charge is 0.150 e. The highest BCUT2D eigenvalue weighted by atomic mass is 16.5. The molecule has 4 aromatic rings. The molecule has 0 bridgehead atoms. The molecule has 0 saturated carbocycles. The molecule has 1 atom stereocenters. The van der Waals surface area contributed by atoms with Crippen molar-refractivity contribution in [3.05, 3.63) is 124 Å². The van der Waals surface area contributed by atoms with E-state index in [0.29, 0.717) is 18.4 Å². The lowest BCUT2D eigenvalue weighted by Gasteiger charge is -2.35. The SMILES string of the molecule is COC(Cc1ccc2c(c1)C=CCC=C2O)(c1ccc2c(O)cccc2c1)c1ccccc1C=O. The van der Waals surface area contributed by atoms with Gasteiger partial charge < -0.3 is 14.9 Å². The van der Waals surface area contributed by atoms with Crippen molar-refractivity contribution >= 4 is 28.9 Å².